The van der Waals surface area contributed by atoms with Crippen LogP contribution in [0.4, 0.5) is 11.5 Å². The topological polar surface area (TPSA) is 122 Å². The molecule has 1 heterocycles. The first kappa shape index (κ1) is 23.0. The Balaban J connectivity index is 1.19. The number of nitrogens with zero attached hydrogens (tertiary/aromatic N) is 2. The lowest BCUT2D eigenvalue weighted by Crippen LogP contribution is -2.55. The van der Waals surface area contributed by atoms with E-state index in [2.05, 4.69) is 25.6 Å². The molecule has 0 unspecified atom stereocenters. The number of benzene rings is 1. The lowest BCUT2D eigenvalue weighted by atomic mass is 9.49. The monoisotopic (exact) mass is 501 g/mol. The highest BCUT2D eigenvalue weighted by Gasteiger charge is 2.54. The van der Waals surface area contributed by atoms with Crippen molar-refractivity contribution in [2.75, 3.05) is 17.1 Å². The van der Waals surface area contributed by atoms with Gasteiger partial charge in [0, 0.05) is 11.8 Å². The van der Waals surface area contributed by atoms with E-state index < -0.39 is 10.0 Å². The molecule has 1 amide bonds. The van der Waals surface area contributed by atoms with E-state index in [1.54, 1.807) is 12.1 Å². The summed E-state index contributed by atoms with van der Waals surface area (Å²) in [7, 11) is -2.40. The fourth-order valence-electron chi connectivity index (χ4n) is 6.18. The van der Waals surface area contributed by atoms with Crippen molar-refractivity contribution in [1.29, 1.82) is 0 Å². The molecule has 0 radical (unpaired) electrons. The molecule has 2 aromatic rings. The van der Waals surface area contributed by atoms with Gasteiger partial charge in [-0.1, -0.05) is 0 Å². The van der Waals surface area contributed by atoms with E-state index >= 15 is 0 Å². The molecular weight excluding hydrogens is 474 g/mol. The molecule has 0 atom stereocenters. The normalized spacial score (nSPS) is 27.1. The van der Waals surface area contributed by atoms with Crippen molar-refractivity contribution in [2.45, 2.75) is 43.4 Å². The molecule has 0 aliphatic heterocycles. The number of carbonyl (C=O) groups excluding carboxylic acids is 1. The Morgan fingerprint density at radius 2 is 1.62 bits per heavy atom. The van der Waals surface area contributed by atoms with Gasteiger partial charge >= 0.3 is 0 Å². The van der Waals surface area contributed by atoms with Gasteiger partial charge in [0.15, 0.2) is 10.9 Å². The third kappa shape index (κ3) is 4.58. The van der Waals surface area contributed by atoms with E-state index in [9.17, 15) is 13.2 Å². The minimum Gasteiger partial charge on any atom is -0.480 e. The second-order valence-corrected chi connectivity index (χ2v) is 11.8. The standard InChI is InChI=1S/C23H27N5O4S2/c1-32-20-7-6-19(26-27-20)28-34(30,31)18-4-2-17(3-5-18)24-22(33)25-21(29)23-11-14-8-15(12-23)10-16(9-14)13-23/h2-7,14-16H,8-13H2,1H3,(H,26,28)(H2,24,25,29,33). The number of thiocarbonyl (C=S) groups is 1. The number of nitrogens with one attached hydrogen (secondary N) is 3. The molecular formula is C23H27N5O4S2. The van der Waals surface area contributed by atoms with E-state index in [-0.39, 0.29) is 33.0 Å². The molecule has 11 heteroatoms. The molecule has 6 rings (SSSR count). The Morgan fingerprint density at radius 1 is 1.00 bits per heavy atom. The van der Waals surface area contributed by atoms with Gasteiger partial charge in [0.25, 0.3) is 10.0 Å². The second-order valence-electron chi connectivity index (χ2n) is 9.70. The molecule has 4 saturated carbocycles. The van der Waals surface area contributed by atoms with Crippen molar-refractivity contribution >= 4 is 44.8 Å². The van der Waals surface area contributed by atoms with Crippen LogP contribution in [0, 0.1) is 23.2 Å². The average Bonchev–Trinajstić information content (AvgIpc) is 2.79. The second kappa shape index (κ2) is 8.77. The molecule has 1 aromatic carbocycles. The predicted octanol–water partition coefficient (Wildman–Crippen LogP) is 3.32. The molecule has 0 spiro atoms. The largest absolute Gasteiger partial charge is 0.480 e. The molecule has 4 aliphatic rings. The SMILES string of the molecule is COc1ccc(NS(=O)(=O)c2ccc(NC(=S)NC(=O)C34CC5CC(CC(C5)C3)C4)cc2)nn1. The molecule has 9 nitrogen and oxygen atoms in total. The summed E-state index contributed by atoms with van der Waals surface area (Å²) in [6, 6.07) is 9.06. The van der Waals surface area contributed by atoms with E-state index in [1.807, 2.05) is 0 Å². The zero-order valence-corrected chi connectivity index (χ0v) is 20.4. The van der Waals surface area contributed by atoms with Crippen molar-refractivity contribution in [3.05, 3.63) is 36.4 Å². The van der Waals surface area contributed by atoms with Gasteiger partial charge < -0.3 is 15.4 Å². The predicted molar refractivity (Wildman–Crippen MR) is 131 cm³/mol. The van der Waals surface area contributed by atoms with E-state index in [4.69, 9.17) is 17.0 Å². The first-order valence-electron chi connectivity index (χ1n) is 11.4. The summed E-state index contributed by atoms with van der Waals surface area (Å²) in [5.74, 6) is 2.40. The van der Waals surface area contributed by atoms with Gasteiger partial charge in [-0.25, -0.2) is 8.42 Å². The highest BCUT2D eigenvalue weighted by molar-refractivity contribution is 7.92. The van der Waals surface area contributed by atoms with E-state index in [0.717, 1.165) is 19.3 Å². The fourth-order valence-corrected chi connectivity index (χ4v) is 7.39. The van der Waals surface area contributed by atoms with Gasteiger partial charge in [0.2, 0.25) is 11.8 Å². The molecule has 34 heavy (non-hydrogen) atoms. The fraction of sp³-hybridized carbons (Fsp3) is 0.478. The third-order valence-corrected chi connectivity index (χ3v) is 8.83. The summed E-state index contributed by atoms with van der Waals surface area (Å²) in [5, 5.41) is 13.6. The maximum Gasteiger partial charge on any atom is 0.263 e. The van der Waals surface area contributed by atoms with Crippen LogP contribution in [0.15, 0.2) is 41.3 Å². The first-order chi connectivity index (χ1) is 16.2. The summed E-state index contributed by atoms with van der Waals surface area (Å²) in [6.45, 7) is 0. The van der Waals surface area contributed by atoms with Crippen molar-refractivity contribution in [1.82, 2.24) is 15.5 Å². The summed E-state index contributed by atoms with van der Waals surface area (Å²) in [6.07, 6.45) is 6.70. The van der Waals surface area contributed by atoms with Crippen LogP contribution < -0.4 is 20.1 Å². The molecule has 4 bridgehead atoms. The number of hydrogen-bond acceptors (Lipinski definition) is 7. The summed E-state index contributed by atoms with van der Waals surface area (Å²) in [5.41, 5.74) is 0.299. The average molecular weight is 502 g/mol. The van der Waals surface area contributed by atoms with Gasteiger partial charge in [0.1, 0.15) is 0 Å². The third-order valence-electron chi connectivity index (χ3n) is 7.26. The van der Waals surface area contributed by atoms with Gasteiger partial charge in [-0.2, -0.15) is 0 Å². The Labute approximate surface area is 204 Å². The molecule has 4 fully saturated rings. The maximum atomic E-state index is 13.2. The first-order valence-corrected chi connectivity index (χ1v) is 13.3. The smallest absolute Gasteiger partial charge is 0.263 e. The van der Waals surface area contributed by atoms with E-state index in [1.165, 1.54) is 50.6 Å². The number of hydrogen-bond donors (Lipinski definition) is 3. The quantitative estimate of drug-likeness (QED) is 0.516. The number of sulfonamides is 1. The Bertz CT molecular complexity index is 1160. The zero-order valence-electron chi connectivity index (χ0n) is 18.8. The molecule has 180 valence electrons. The van der Waals surface area contributed by atoms with Crippen molar-refractivity contribution in [3.63, 3.8) is 0 Å². The molecule has 1 aromatic heterocycles. The van der Waals surface area contributed by atoms with E-state index in [0.29, 0.717) is 23.4 Å². The van der Waals surface area contributed by atoms with Crippen LogP contribution in [0.2, 0.25) is 0 Å². The molecule has 0 saturated heterocycles. The number of ether oxygens (including phenoxy) is 1. The van der Waals surface area contributed by atoms with Crippen LogP contribution in [-0.4, -0.2) is 36.7 Å². The lowest BCUT2D eigenvalue weighted by Gasteiger charge is -2.55. The number of aromatic nitrogens is 2. The van der Waals surface area contributed by atoms with Gasteiger partial charge in [0.05, 0.1) is 17.4 Å². The van der Waals surface area contributed by atoms with Crippen LogP contribution in [0.3, 0.4) is 0 Å². The number of anilines is 2. The Hall–Kier alpha value is -2.79. The zero-order chi connectivity index (χ0) is 23.9. The number of carbonyl (C=O) groups is 1. The number of rotatable bonds is 6. The van der Waals surface area contributed by atoms with Gasteiger partial charge in [-0.15, -0.1) is 10.2 Å². The van der Waals surface area contributed by atoms with Gasteiger partial charge in [-0.05, 0) is 98.8 Å². The summed E-state index contributed by atoms with van der Waals surface area (Å²) < 4.78 is 32.5. The van der Waals surface area contributed by atoms with Crippen molar-refractivity contribution < 1.29 is 17.9 Å². The van der Waals surface area contributed by atoms with Crippen LogP contribution in [0.25, 0.3) is 0 Å². The lowest BCUT2D eigenvalue weighted by molar-refractivity contribution is -0.144. The summed E-state index contributed by atoms with van der Waals surface area (Å²) in [4.78, 5) is 13.2. The molecule has 3 N–H and O–H groups in total. The van der Waals surface area contributed by atoms with Crippen molar-refractivity contribution in [3.8, 4) is 5.88 Å². The van der Waals surface area contributed by atoms with Crippen LogP contribution in [-0.2, 0) is 14.8 Å². The van der Waals surface area contributed by atoms with Gasteiger partial charge in [-0.3, -0.25) is 9.52 Å². The highest BCUT2D eigenvalue weighted by Crippen LogP contribution is 2.60. The number of methoxy groups -OCH3 is 1. The highest BCUT2D eigenvalue weighted by atomic mass is 32.2. The number of amides is 1. The summed E-state index contributed by atoms with van der Waals surface area (Å²) >= 11 is 5.38. The Kier molecular flexibility index (Phi) is 5.93. The van der Waals surface area contributed by atoms with Crippen LogP contribution in [0.5, 0.6) is 5.88 Å². The van der Waals surface area contributed by atoms with Crippen LogP contribution >= 0.6 is 12.2 Å². The minimum absolute atomic E-state index is 0.0214. The molecule has 4 aliphatic carbocycles. The minimum atomic E-state index is -3.85. The van der Waals surface area contributed by atoms with Crippen molar-refractivity contribution in [2.24, 2.45) is 23.2 Å². The van der Waals surface area contributed by atoms with Crippen LogP contribution in [0.1, 0.15) is 38.5 Å². The maximum absolute atomic E-state index is 13.2. The Morgan fingerprint density at radius 3 is 2.15 bits per heavy atom.